The first-order valence-corrected chi connectivity index (χ1v) is 5.84. The van der Waals surface area contributed by atoms with Crippen LogP contribution in [0.25, 0.3) is 0 Å². The average molecular weight is 269 g/mol. The van der Waals surface area contributed by atoms with Crippen LogP contribution in [0.2, 0.25) is 10.0 Å². The summed E-state index contributed by atoms with van der Waals surface area (Å²) < 4.78 is 0. The molecule has 0 bridgehead atoms. The smallest absolute Gasteiger partial charge is 0.154 e. The van der Waals surface area contributed by atoms with Crippen LogP contribution in [-0.2, 0) is 6.42 Å². The summed E-state index contributed by atoms with van der Waals surface area (Å²) in [6.07, 6.45) is 3.78. The van der Waals surface area contributed by atoms with Gasteiger partial charge in [-0.15, -0.1) is 0 Å². The Morgan fingerprint density at radius 2 is 2.00 bits per heavy atom. The molecule has 0 aliphatic rings. The molecule has 1 N–H and O–H groups in total. The summed E-state index contributed by atoms with van der Waals surface area (Å²) in [6, 6.07) is 3.50. The molecule has 17 heavy (non-hydrogen) atoms. The van der Waals surface area contributed by atoms with Crippen molar-refractivity contribution in [3.63, 3.8) is 0 Å². The summed E-state index contributed by atoms with van der Waals surface area (Å²) in [5.74, 6) is 1.19. The zero-order valence-corrected chi connectivity index (χ0v) is 10.6. The van der Waals surface area contributed by atoms with E-state index in [0.717, 1.165) is 12.1 Å². The van der Waals surface area contributed by atoms with Crippen molar-refractivity contribution in [3.8, 4) is 0 Å². The summed E-state index contributed by atoms with van der Waals surface area (Å²) >= 11 is 11.9. The summed E-state index contributed by atoms with van der Waals surface area (Å²) in [5, 5.41) is 4.12. The lowest BCUT2D eigenvalue weighted by atomic mass is 10.3. The molecule has 2 rings (SSSR count). The van der Waals surface area contributed by atoms with Gasteiger partial charge in [-0.05, 0) is 18.6 Å². The molecular weight excluding hydrogens is 259 g/mol. The molecule has 2 heterocycles. The third kappa shape index (κ3) is 2.84. The second-order valence-corrected chi connectivity index (χ2v) is 4.14. The number of hydrogen-bond acceptors (Lipinski definition) is 4. The predicted molar refractivity (Wildman–Crippen MR) is 68.9 cm³/mol. The Labute approximate surface area is 109 Å². The Bertz CT molecular complexity index is 513. The normalized spacial score (nSPS) is 10.3. The van der Waals surface area contributed by atoms with E-state index >= 15 is 0 Å². The van der Waals surface area contributed by atoms with Gasteiger partial charge < -0.3 is 5.32 Å². The minimum absolute atomic E-state index is 0.520. The van der Waals surface area contributed by atoms with Crippen LogP contribution in [0.5, 0.6) is 0 Å². The van der Waals surface area contributed by atoms with Crippen molar-refractivity contribution in [2.24, 2.45) is 0 Å². The Morgan fingerprint density at radius 1 is 1.18 bits per heavy atom. The summed E-state index contributed by atoms with van der Waals surface area (Å²) in [4.78, 5) is 12.3. The first-order chi connectivity index (χ1) is 8.20. The SMILES string of the molecule is CCc1ncnc(Nc2ccc(Cl)cn2)c1Cl. The maximum atomic E-state index is 6.15. The molecule has 4 nitrogen and oxygen atoms in total. The third-order valence-electron chi connectivity index (χ3n) is 2.17. The van der Waals surface area contributed by atoms with Gasteiger partial charge in [-0.3, -0.25) is 0 Å². The highest BCUT2D eigenvalue weighted by atomic mass is 35.5. The molecule has 88 valence electrons. The fourth-order valence-electron chi connectivity index (χ4n) is 1.31. The molecule has 0 radical (unpaired) electrons. The molecule has 0 aliphatic heterocycles. The van der Waals surface area contributed by atoms with E-state index in [2.05, 4.69) is 20.3 Å². The van der Waals surface area contributed by atoms with Crippen molar-refractivity contribution in [1.82, 2.24) is 15.0 Å². The Kier molecular flexibility index (Phi) is 3.76. The number of hydrogen-bond donors (Lipinski definition) is 1. The summed E-state index contributed by atoms with van der Waals surface area (Å²) in [5.41, 5.74) is 0.804. The number of aryl methyl sites for hydroxylation is 1. The second-order valence-electron chi connectivity index (χ2n) is 3.32. The highest BCUT2D eigenvalue weighted by Crippen LogP contribution is 2.24. The van der Waals surface area contributed by atoms with Crippen LogP contribution in [-0.4, -0.2) is 15.0 Å². The van der Waals surface area contributed by atoms with Gasteiger partial charge in [0.2, 0.25) is 0 Å². The number of aromatic nitrogens is 3. The van der Waals surface area contributed by atoms with Crippen LogP contribution in [0, 0.1) is 0 Å². The second kappa shape index (κ2) is 5.29. The van der Waals surface area contributed by atoms with E-state index in [1.54, 1.807) is 18.3 Å². The van der Waals surface area contributed by atoms with Crippen LogP contribution < -0.4 is 5.32 Å². The minimum Gasteiger partial charge on any atom is -0.324 e. The van der Waals surface area contributed by atoms with Gasteiger partial charge in [0.1, 0.15) is 17.2 Å². The summed E-state index contributed by atoms with van der Waals surface area (Å²) in [6.45, 7) is 1.98. The third-order valence-corrected chi connectivity index (χ3v) is 2.79. The van der Waals surface area contributed by atoms with E-state index in [-0.39, 0.29) is 0 Å². The van der Waals surface area contributed by atoms with E-state index < -0.39 is 0 Å². The maximum Gasteiger partial charge on any atom is 0.154 e. The van der Waals surface area contributed by atoms with Crippen molar-refractivity contribution in [2.45, 2.75) is 13.3 Å². The van der Waals surface area contributed by atoms with Gasteiger partial charge >= 0.3 is 0 Å². The van der Waals surface area contributed by atoms with Crippen LogP contribution >= 0.6 is 23.2 Å². The number of nitrogens with zero attached hydrogens (tertiary/aromatic N) is 3. The topological polar surface area (TPSA) is 50.7 Å². The number of halogens is 2. The van der Waals surface area contributed by atoms with Gasteiger partial charge in [-0.25, -0.2) is 15.0 Å². The molecule has 0 spiro atoms. The lowest BCUT2D eigenvalue weighted by molar-refractivity contribution is 1.000. The fourth-order valence-corrected chi connectivity index (χ4v) is 1.70. The monoisotopic (exact) mass is 268 g/mol. The van der Waals surface area contributed by atoms with Gasteiger partial charge in [0.05, 0.1) is 10.7 Å². The van der Waals surface area contributed by atoms with Gasteiger partial charge in [-0.1, -0.05) is 30.1 Å². The maximum absolute atomic E-state index is 6.15. The van der Waals surface area contributed by atoms with Gasteiger partial charge in [0, 0.05) is 6.20 Å². The predicted octanol–water partition coefficient (Wildman–Crippen LogP) is 3.48. The van der Waals surface area contributed by atoms with Crippen LogP contribution in [0.1, 0.15) is 12.6 Å². The molecule has 0 saturated carbocycles. The van der Waals surface area contributed by atoms with Crippen molar-refractivity contribution in [2.75, 3.05) is 5.32 Å². The van der Waals surface area contributed by atoms with E-state index in [0.29, 0.717) is 21.7 Å². The fraction of sp³-hybridized carbons (Fsp3) is 0.182. The van der Waals surface area contributed by atoms with Crippen molar-refractivity contribution in [1.29, 1.82) is 0 Å². The number of pyridine rings is 1. The zero-order valence-electron chi connectivity index (χ0n) is 9.11. The molecule has 0 fully saturated rings. The Balaban J connectivity index is 2.27. The van der Waals surface area contributed by atoms with Gasteiger partial charge in [0.25, 0.3) is 0 Å². The highest BCUT2D eigenvalue weighted by Gasteiger charge is 2.08. The van der Waals surface area contributed by atoms with E-state index in [1.807, 2.05) is 6.92 Å². The minimum atomic E-state index is 0.520. The van der Waals surface area contributed by atoms with Crippen molar-refractivity contribution >= 4 is 34.8 Å². The quantitative estimate of drug-likeness (QED) is 0.926. The molecule has 2 aromatic rings. The number of nitrogens with one attached hydrogen (secondary N) is 1. The molecule has 0 atom stereocenters. The van der Waals surface area contributed by atoms with Gasteiger partial charge in [-0.2, -0.15) is 0 Å². The standard InChI is InChI=1S/C11H10Cl2N4/c1-2-8-10(13)11(16-6-15-8)17-9-4-3-7(12)5-14-9/h3-6H,2H2,1H3,(H,14,15,16,17). The Morgan fingerprint density at radius 3 is 2.65 bits per heavy atom. The first-order valence-electron chi connectivity index (χ1n) is 5.08. The molecule has 2 aromatic heterocycles. The lowest BCUT2D eigenvalue weighted by Crippen LogP contribution is -2.00. The Hall–Kier alpha value is -1.39. The van der Waals surface area contributed by atoms with Crippen LogP contribution in [0.3, 0.4) is 0 Å². The van der Waals surface area contributed by atoms with E-state index in [4.69, 9.17) is 23.2 Å². The summed E-state index contributed by atoms with van der Waals surface area (Å²) in [7, 11) is 0. The molecule has 0 unspecified atom stereocenters. The number of rotatable bonds is 3. The zero-order chi connectivity index (χ0) is 12.3. The average Bonchev–Trinajstić information content (AvgIpc) is 2.35. The van der Waals surface area contributed by atoms with Crippen molar-refractivity contribution < 1.29 is 0 Å². The largest absolute Gasteiger partial charge is 0.324 e. The molecular formula is C11H10Cl2N4. The number of anilines is 2. The lowest BCUT2D eigenvalue weighted by Gasteiger charge is -2.08. The van der Waals surface area contributed by atoms with Crippen molar-refractivity contribution in [3.05, 3.63) is 40.4 Å². The van der Waals surface area contributed by atoms with E-state index in [1.165, 1.54) is 6.33 Å². The molecule has 0 amide bonds. The molecule has 0 aromatic carbocycles. The molecule has 0 saturated heterocycles. The first kappa shape index (κ1) is 12.1. The van der Waals surface area contributed by atoms with Gasteiger partial charge in [0.15, 0.2) is 5.82 Å². The molecule has 0 aliphatic carbocycles. The van der Waals surface area contributed by atoms with E-state index in [9.17, 15) is 0 Å². The molecule has 6 heteroatoms. The van der Waals surface area contributed by atoms with Crippen LogP contribution in [0.4, 0.5) is 11.6 Å². The van der Waals surface area contributed by atoms with Crippen LogP contribution in [0.15, 0.2) is 24.7 Å². The highest BCUT2D eigenvalue weighted by molar-refractivity contribution is 6.33.